The minimum absolute atomic E-state index is 0.0534. The Morgan fingerprint density at radius 1 is 0.958 bits per heavy atom. The zero-order valence-electron chi connectivity index (χ0n) is 15.3. The van der Waals surface area contributed by atoms with E-state index in [2.05, 4.69) is 61.4 Å². The van der Waals surface area contributed by atoms with Gasteiger partial charge in [0.1, 0.15) is 0 Å². The van der Waals surface area contributed by atoms with Crippen molar-refractivity contribution in [2.45, 2.75) is 51.0 Å². The molecule has 0 radical (unpaired) electrons. The second kappa shape index (κ2) is 8.29. The highest BCUT2D eigenvalue weighted by Crippen LogP contribution is 2.30. The number of hydrogen-bond donors (Lipinski definition) is 1. The summed E-state index contributed by atoms with van der Waals surface area (Å²) < 4.78 is 0. The van der Waals surface area contributed by atoms with Crippen LogP contribution in [0, 0.1) is 0 Å². The van der Waals surface area contributed by atoms with Gasteiger partial charge >= 0.3 is 0 Å². The number of nitrogens with one attached hydrogen (secondary N) is 1. The van der Waals surface area contributed by atoms with E-state index in [1.165, 1.54) is 5.56 Å². The van der Waals surface area contributed by atoms with E-state index in [1.807, 2.05) is 31.2 Å². The van der Waals surface area contributed by atoms with Crippen molar-refractivity contribution in [3.63, 3.8) is 0 Å². The Morgan fingerprint density at radius 3 is 2.04 bits per heavy atom. The van der Waals surface area contributed by atoms with Crippen LogP contribution in [0.4, 0.5) is 0 Å². The van der Waals surface area contributed by atoms with Gasteiger partial charge < -0.3 is 5.32 Å². The standard InChI is InChI=1S/C21H29NOSi/c1-17(19-13-9-6-10-14-19)22-21(23)16-20(24(2,3)4)15-18-11-7-5-8-12-18/h5-14,17,20H,15-16H2,1-4H3,(H,22,23). The maximum Gasteiger partial charge on any atom is 0.220 e. The van der Waals surface area contributed by atoms with E-state index in [1.54, 1.807) is 0 Å². The van der Waals surface area contributed by atoms with E-state index >= 15 is 0 Å². The molecular formula is C21H29NOSi. The summed E-state index contributed by atoms with van der Waals surface area (Å²) in [5, 5.41) is 3.17. The van der Waals surface area contributed by atoms with Gasteiger partial charge in [0, 0.05) is 14.5 Å². The molecule has 0 aliphatic rings. The van der Waals surface area contributed by atoms with Crippen molar-refractivity contribution in [1.82, 2.24) is 5.32 Å². The lowest BCUT2D eigenvalue weighted by Crippen LogP contribution is -2.35. The van der Waals surface area contributed by atoms with E-state index in [0.29, 0.717) is 12.0 Å². The summed E-state index contributed by atoms with van der Waals surface area (Å²) in [6.07, 6.45) is 1.60. The summed E-state index contributed by atoms with van der Waals surface area (Å²) in [4.78, 5) is 12.6. The largest absolute Gasteiger partial charge is 0.350 e. The van der Waals surface area contributed by atoms with Gasteiger partial charge in [-0.2, -0.15) is 0 Å². The van der Waals surface area contributed by atoms with Gasteiger partial charge in [0.25, 0.3) is 0 Å². The fraction of sp³-hybridized carbons (Fsp3) is 0.381. The first-order chi connectivity index (χ1) is 11.4. The summed E-state index contributed by atoms with van der Waals surface area (Å²) in [5.74, 6) is 0.162. The molecule has 0 heterocycles. The molecule has 1 N–H and O–H groups in total. The second-order valence-corrected chi connectivity index (χ2v) is 13.2. The van der Waals surface area contributed by atoms with E-state index < -0.39 is 8.07 Å². The highest BCUT2D eigenvalue weighted by molar-refractivity contribution is 6.77. The van der Waals surface area contributed by atoms with Gasteiger partial charge in [0.15, 0.2) is 0 Å². The molecule has 0 saturated heterocycles. The minimum Gasteiger partial charge on any atom is -0.350 e. The Bertz CT molecular complexity index is 634. The molecule has 1 amide bonds. The summed E-state index contributed by atoms with van der Waals surface area (Å²) in [7, 11) is -1.42. The SMILES string of the molecule is CC(NC(=O)CC(Cc1ccccc1)[Si](C)(C)C)c1ccccc1. The molecule has 128 valence electrons. The molecule has 0 aliphatic heterocycles. The van der Waals surface area contributed by atoms with Crippen LogP contribution in [0.15, 0.2) is 60.7 Å². The van der Waals surface area contributed by atoms with Crippen molar-refractivity contribution >= 4 is 14.0 Å². The zero-order chi connectivity index (χ0) is 17.6. The molecule has 2 aromatic rings. The quantitative estimate of drug-likeness (QED) is 0.690. The van der Waals surface area contributed by atoms with E-state index in [4.69, 9.17) is 0 Å². The molecule has 0 aromatic heterocycles. The lowest BCUT2D eigenvalue weighted by atomic mass is 10.1. The van der Waals surface area contributed by atoms with Gasteiger partial charge in [-0.05, 0) is 30.0 Å². The number of carbonyl (C=O) groups excluding carboxylic acids is 1. The smallest absolute Gasteiger partial charge is 0.220 e. The zero-order valence-corrected chi connectivity index (χ0v) is 16.3. The normalized spacial score (nSPS) is 14.0. The van der Waals surface area contributed by atoms with Gasteiger partial charge in [0.05, 0.1) is 6.04 Å². The average Bonchev–Trinajstić information content (AvgIpc) is 2.55. The third kappa shape index (κ3) is 5.64. The molecule has 24 heavy (non-hydrogen) atoms. The summed E-state index contributed by atoms with van der Waals surface area (Å²) in [6.45, 7) is 9.12. The highest BCUT2D eigenvalue weighted by atomic mass is 28.3. The van der Waals surface area contributed by atoms with Crippen molar-refractivity contribution in [3.05, 3.63) is 71.8 Å². The molecule has 2 unspecified atom stereocenters. The first kappa shape index (κ1) is 18.5. The molecular weight excluding hydrogens is 310 g/mol. The predicted octanol–water partition coefficient (Wildman–Crippen LogP) is 5.21. The molecule has 2 aromatic carbocycles. The molecule has 0 saturated carbocycles. The van der Waals surface area contributed by atoms with E-state index in [9.17, 15) is 4.79 Å². The van der Waals surface area contributed by atoms with Crippen molar-refractivity contribution in [1.29, 1.82) is 0 Å². The molecule has 2 atom stereocenters. The first-order valence-electron chi connectivity index (χ1n) is 8.74. The fourth-order valence-electron chi connectivity index (χ4n) is 2.93. The van der Waals surface area contributed by atoms with E-state index in [-0.39, 0.29) is 11.9 Å². The van der Waals surface area contributed by atoms with Crippen LogP contribution in [-0.4, -0.2) is 14.0 Å². The van der Waals surface area contributed by atoms with Crippen LogP contribution in [-0.2, 0) is 11.2 Å². The van der Waals surface area contributed by atoms with Crippen LogP contribution < -0.4 is 5.32 Å². The molecule has 2 nitrogen and oxygen atoms in total. The van der Waals surface area contributed by atoms with E-state index in [0.717, 1.165) is 12.0 Å². The first-order valence-corrected chi connectivity index (χ1v) is 12.3. The number of rotatable bonds is 7. The monoisotopic (exact) mass is 339 g/mol. The fourth-order valence-corrected chi connectivity index (χ4v) is 4.58. The topological polar surface area (TPSA) is 29.1 Å². The molecule has 0 aliphatic carbocycles. The highest BCUT2D eigenvalue weighted by Gasteiger charge is 2.29. The van der Waals surface area contributed by atoms with Gasteiger partial charge in [-0.3, -0.25) is 4.79 Å². The van der Waals surface area contributed by atoms with Crippen molar-refractivity contribution in [2.24, 2.45) is 0 Å². The van der Waals surface area contributed by atoms with Gasteiger partial charge in [-0.15, -0.1) is 0 Å². The van der Waals surface area contributed by atoms with Gasteiger partial charge in [-0.1, -0.05) is 80.3 Å². The summed E-state index contributed by atoms with van der Waals surface area (Å²) >= 11 is 0. The molecule has 0 spiro atoms. The van der Waals surface area contributed by atoms with Gasteiger partial charge in [-0.25, -0.2) is 0 Å². The van der Waals surface area contributed by atoms with Crippen LogP contribution in [0.2, 0.25) is 25.2 Å². The van der Waals surface area contributed by atoms with Crippen LogP contribution in [0.25, 0.3) is 0 Å². The second-order valence-electron chi connectivity index (χ2n) is 7.66. The van der Waals surface area contributed by atoms with Crippen molar-refractivity contribution in [2.75, 3.05) is 0 Å². The average molecular weight is 340 g/mol. The number of benzene rings is 2. The predicted molar refractivity (Wildman–Crippen MR) is 105 cm³/mol. The van der Waals surface area contributed by atoms with Crippen LogP contribution in [0.1, 0.15) is 30.5 Å². The third-order valence-electron chi connectivity index (χ3n) is 4.66. The van der Waals surface area contributed by atoms with Gasteiger partial charge in [0.2, 0.25) is 5.91 Å². The maximum atomic E-state index is 12.6. The Hall–Kier alpha value is -1.87. The maximum absolute atomic E-state index is 12.6. The summed E-state index contributed by atoms with van der Waals surface area (Å²) in [5.41, 5.74) is 2.93. The number of carbonyl (C=O) groups is 1. The number of hydrogen-bond acceptors (Lipinski definition) is 1. The molecule has 0 bridgehead atoms. The Balaban J connectivity index is 2.00. The van der Waals surface area contributed by atoms with Crippen LogP contribution >= 0.6 is 0 Å². The lowest BCUT2D eigenvalue weighted by Gasteiger charge is -2.29. The third-order valence-corrected chi connectivity index (χ3v) is 7.52. The Kier molecular flexibility index (Phi) is 6.38. The minimum atomic E-state index is -1.42. The Morgan fingerprint density at radius 2 is 1.50 bits per heavy atom. The molecule has 2 rings (SSSR count). The Labute approximate surface area is 147 Å². The van der Waals surface area contributed by atoms with Crippen LogP contribution in [0.5, 0.6) is 0 Å². The molecule has 0 fully saturated rings. The lowest BCUT2D eigenvalue weighted by molar-refractivity contribution is -0.121. The van der Waals surface area contributed by atoms with Crippen molar-refractivity contribution in [3.8, 4) is 0 Å². The van der Waals surface area contributed by atoms with Crippen LogP contribution in [0.3, 0.4) is 0 Å². The number of amides is 1. The van der Waals surface area contributed by atoms with Crippen molar-refractivity contribution < 1.29 is 4.79 Å². The molecule has 3 heteroatoms. The summed E-state index contributed by atoms with van der Waals surface area (Å²) in [6, 6.07) is 20.7.